The third-order valence-corrected chi connectivity index (χ3v) is 6.07. The van der Waals surface area contributed by atoms with Crippen molar-refractivity contribution < 1.29 is 14.3 Å². The highest BCUT2D eigenvalue weighted by molar-refractivity contribution is 6.22. The molecule has 23 heavy (non-hydrogen) atoms. The molecule has 6 rings (SSSR count). The number of amides is 2. The van der Waals surface area contributed by atoms with Gasteiger partial charge in [-0.05, 0) is 61.3 Å². The SMILES string of the molecule is CCOc1ccc(N2C(=O)[C@H]3[C@@H]4C=C[C@@H]([C@H]5C[C@@H]45)[C@@H]3C2=O)cc1. The van der Waals surface area contributed by atoms with Gasteiger partial charge in [-0.15, -0.1) is 0 Å². The average Bonchev–Trinajstić information content (AvgIpc) is 3.34. The van der Waals surface area contributed by atoms with Crippen LogP contribution in [0, 0.1) is 35.5 Å². The van der Waals surface area contributed by atoms with E-state index in [2.05, 4.69) is 12.2 Å². The molecule has 1 saturated heterocycles. The van der Waals surface area contributed by atoms with Crippen LogP contribution in [0.25, 0.3) is 0 Å². The predicted octanol–water partition coefficient (Wildman–Crippen LogP) is 2.64. The highest BCUT2D eigenvalue weighted by Crippen LogP contribution is 2.65. The van der Waals surface area contributed by atoms with Gasteiger partial charge in [0.2, 0.25) is 11.8 Å². The van der Waals surface area contributed by atoms with Gasteiger partial charge >= 0.3 is 0 Å². The first-order valence-corrected chi connectivity index (χ1v) is 8.49. The normalized spacial score (nSPS) is 39.4. The first-order valence-electron chi connectivity index (χ1n) is 8.49. The van der Waals surface area contributed by atoms with E-state index in [1.807, 2.05) is 31.2 Å². The van der Waals surface area contributed by atoms with Gasteiger partial charge in [-0.1, -0.05) is 12.2 Å². The topological polar surface area (TPSA) is 46.6 Å². The summed E-state index contributed by atoms with van der Waals surface area (Å²) < 4.78 is 5.44. The molecule has 4 aliphatic carbocycles. The summed E-state index contributed by atoms with van der Waals surface area (Å²) in [5.41, 5.74) is 0.672. The molecule has 0 radical (unpaired) electrons. The Kier molecular flexibility index (Phi) is 2.59. The molecule has 6 atom stereocenters. The number of hydrogen-bond donors (Lipinski definition) is 0. The maximum Gasteiger partial charge on any atom is 0.238 e. The summed E-state index contributed by atoms with van der Waals surface area (Å²) in [6.07, 6.45) is 5.60. The molecule has 2 bridgehead atoms. The number of anilines is 1. The van der Waals surface area contributed by atoms with Crippen molar-refractivity contribution in [2.45, 2.75) is 13.3 Å². The molecule has 0 spiro atoms. The maximum atomic E-state index is 13.0. The van der Waals surface area contributed by atoms with E-state index in [1.54, 1.807) is 0 Å². The van der Waals surface area contributed by atoms with Gasteiger partial charge in [0.05, 0.1) is 24.1 Å². The Balaban J connectivity index is 1.49. The fraction of sp³-hybridized carbons (Fsp3) is 0.474. The van der Waals surface area contributed by atoms with Crippen LogP contribution in [0.3, 0.4) is 0 Å². The minimum absolute atomic E-state index is 0.00569. The lowest BCUT2D eigenvalue weighted by molar-refractivity contribution is -0.124. The van der Waals surface area contributed by atoms with Crippen molar-refractivity contribution >= 4 is 17.5 Å². The molecule has 5 aliphatic rings. The number of rotatable bonds is 3. The molecule has 4 nitrogen and oxygen atoms in total. The van der Waals surface area contributed by atoms with Crippen LogP contribution in [0.5, 0.6) is 5.75 Å². The highest BCUT2D eigenvalue weighted by Gasteiger charge is 2.67. The molecular weight excluding hydrogens is 290 g/mol. The second kappa shape index (κ2) is 4.47. The molecule has 3 fully saturated rings. The lowest BCUT2D eigenvalue weighted by Crippen LogP contribution is -2.40. The molecular formula is C19H19NO3. The van der Waals surface area contributed by atoms with E-state index in [1.165, 1.54) is 11.3 Å². The van der Waals surface area contributed by atoms with Gasteiger partial charge < -0.3 is 4.74 Å². The number of nitrogens with zero attached hydrogens (tertiary/aromatic N) is 1. The maximum absolute atomic E-state index is 13.0. The second-order valence-corrected chi connectivity index (χ2v) is 7.09. The van der Waals surface area contributed by atoms with Crippen LogP contribution in [-0.4, -0.2) is 18.4 Å². The van der Waals surface area contributed by atoms with Crippen LogP contribution < -0.4 is 9.64 Å². The van der Waals surface area contributed by atoms with Crippen molar-refractivity contribution in [3.8, 4) is 5.75 Å². The van der Waals surface area contributed by atoms with Gasteiger partial charge in [0.15, 0.2) is 0 Å². The summed E-state index contributed by atoms with van der Waals surface area (Å²) in [7, 11) is 0. The van der Waals surface area contributed by atoms with Crippen LogP contribution >= 0.6 is 0 Å². The average molecular weight is 309 g/mol. The van der Waals surface area contributed by atoms with Crippen LogP contribution in [0.1, 0.15) is 13.3 Å². The largest absolute Gasteiger partial charge is 0.494 e. The zero-order chi connectivity index (χ0) is 15.7. The third kappa shape index (κ3) is 1.66. The molecule has 4 heteroatoms. The smallest absolute Gasteiger partial charge is 0.238 e. The summed E-state index contributed by atoms with van der Waals surface area (Å²) in [4.78, 5) is 27.3. The van der Waals surface area contributed by atoms with Gasteiger partial charge in [0.1, 0.15) is 5.75 Å². The van der Waals surface area contributed by atoms with Crippen molar-refractivity contribution in [2.75, 3.05) is 11.5 Å². The molecule has 1 aromatic carbocycles. The molecule has 1 aromatic rings. The molecule has 1 aliphatic heterocycles. The predicted molar refractivity (Wildman–Crippen MR) is 84.8 cm³/mol. The summed E-state index contributed by atoms with van der Waals surface area (Å²) in [6.45, 7) is 2.53. The number of carbonyl (C=O) groups is 2. The van der Waals surface area contributed by atoms with E-state index >= 15 is 0 Å². The van der Waals surface area contributed by atoms with E-state index in [4.69, 9.17) is 4.74 Å². The fourth-order valence-corrected chi connectivity index (χ4v) is 5.07. The van der Waals surface area contributed by atoms with Crippen LogP contribution in [0.15, 0.2) is 36.4 Å². The zero-order valence-electron chi connectivity index (χ0n) is 13.0. The number of carbonyl (C=O) groups excluding carboxylic acids is 2. The summed E-state index contributed by atoms with van der Waals surface area (Å²) in [5.74, 6) is 2.32. The molecule has 1 heterocycles. The molecule has 0 unspecified atom stereocenters. The molecule has 2 saturated carbocycles. The Morgan fingerprint density at radius 3 is 2.09 bits per heavy atom. The number of imide groups is 1. The Morgan fingerprint density at radius 2 is 1.57 bits per heavy atom. The minimum atomic E-state index is -0.132. The molecule has 0 aromatic heterocycles. The van der Waals surface area contributed by atoms with Crippen molar-refractivity contribution in [1.29, 1.82) is 0 Å². The monoisotopic (exact) mass is 309 g/mol. The van der Waals surface area contributed by atoms with E-state index in [0.717, 1.165) is 5.75 Å². The number of allylic oxidation sites excluding steroid dienone is 2. The van der Waals surface area contributed by atoms with Crippen LogP contribution in [0.4, 0.5) is 5.69 Å². The van der Waals surface area contributed by atoms with E-state index < -0.39 is 0 Å². The van der Waals surface area contributed by atoms with Crippen LogP contribution in [-0.2, 0) is 9.59 Å². The van der Waals surface area contributed by atoms with Crippen molar-refractivity contribution in [1.82, 2.24) is 0 Å². The van der Waals surface area contributed by atoms with Gasteiger partial charge in [-0.25, -0.2) is 0 Å². The van der Waals surface area contributed by atoms with Gasteiger partial charge in [0.25, 0.3) is 0 Å². The second-order valence-electron chi connectivity index (χ2n) is 7.09. The minimum Gasteiger partial charge on any atom is -0.494 e. The fourth-order valence-electron chi connectivity index (χ4n) is 5.07. The number of benzene rings is 1. The van der Waals surface area contributed by atoms with Crippen LogP contribution in [0.2, 0.25) is 0 Å². The molecule has 0 N–H and O–H groups in total. The summed E-state index contributed by atoms with van der Waals surface area (Å²) in [5, 5.41) is 0. The Bertz CT molecular complexity index is 687. The van der Waals surface area contributed by atoms with E-state index in [9.17, 15) is 9.59 Å². The Morgan fingerprint density at radius 1 is 1.00 bits per heavy atom. The first kappa shape index (κ1) is 13.3. The lowest BCUT2D eigenvalue weighted by Gasteiger charge is -2.37. The van der Waals surface area contributed by atoms with Gasteiger partial charge in [-0.2, -0.15) is 0 Å². The third-order valence-electron chi connectivity index (χ3n) is 6.07. The summed E-state index contributed by atoms with van der Waals surface area (Å²) >= 11 is 0. The first-order chi connectivity index (χ1) is 11.2. The van der Waals surface area contributed by atoms with Gasteiger partial charge in [0, 0.05) is 0 Å². The quantitative estimate of drug-likeness (QED) is 0.637. The van der Waals surface area contributed by atoms with Crippen molar-refractivity contribution in [2.24, 2.45) is 35.5 Å². The van der Waals surface area contributed by atoms with Gasteiger partial charge in [-0.3, -0.25) is 14.5 Å². The Hall–Kier alpha value is -2.10. The Labute approximate surface area is 135 Å². The number of ether oxygens (including phenoxy) is 1. The standard InChI is InChI=1S/C19H19NO3/c1-2-23-11-5-3-10(4-6-11)20-18(21)16-12-7-8-13(15-9-14(12)15)17(16)19(20)22/h3-8,12-17H,2,9H2,1H3/t12-,13+,14+,15-,16-,17-/m0/s1. The molecule has 2 amide bonds. The van der Waals surface area contributed by atoms with Crippen molar-refractivity contribution in [3.63, 3.8) is 0 Å². The highest BCUT2D eigenvalue weighted by atomic mass is 16.5. The summed E-state index contributed by atoms with van der Waals surface area (Å²) in [6, 6.07) is 7.28. The lowest BCUT2D eigenvalue weighted by atomic mass is 9.63. The zero-order valence-corrected chi connectivity index (χ0v) is 13.0. The molecule has 118 valence electrons. The number of hydrogen-bond acceptors (Lipinski definition) is 3. The van der Waals surface area contributed by atoms with E-state index in [-0.39, 0.29) is 35.5 Å². The van der Waals surface area contributed by atoms with E-state index in [0.29, 0.717) is 24.1 Å². The van der Waals surface area contributed by atoms with Crippen molar-refractivity contribution in [3.05, 3.63) is 36.4 Å².